The SMILES string of the molecule is CCOC(=O)Cc1cc(Br)c(NC=C2C(=O)OC(C)(C)OC2=O)c(Br)c1. The van der Waals surface area contributed by atoms with Gasteiger partial charge in [0, 0.05) is 29.0 Å². The van der Waals surface area contributed by atoms with Crippen LogP contribution in [-0.2, 0) is 35.0 Å². The number of ether oxygens (including phenoxy) is 3. The Labute approximate surface area is 167 Å². The predicted octanol–water partition coefficient (Wildman–Crippen LogP) is 3.45. The molecule has 26 heavy (non-hydrogen) atoms. The lowest BCUT2D eigenvalue weighted by atomic mass is 10.1. The minimum atomic E-state index is -1.29. The second kappa shape index (κ2) is 8.22. The topological polar surface area (TPSA) is 90.9 Å². The molecular weight excluding hydrogens is 474 g/mol. The van der Waals surface area contributed by atoms with Crippen LogP contribution in [0.15, 0.2) is 32.9 Å². The van der Waals surface area contributed by atoms with Crippen LogP contribution in [0.5, 0.6) is 0 Å². The molecule has 9 heteroatoms. The Balaban J connectivity index is 2.18. The van der Waals surface area contributed by atoms with Gasteiger partial charge in [-0.1, -0.05) is 0 Å². The summed E-state index contributed by atoms with van der Waals surface area (Å²) >= 11 is 6.79. The molecule has 0 amide bonds. The van der Waals surface area contributed by atoms with E-state index in [0.29, 0.717) is 21.2 Å². The molecule has 1 aliphatic heterocycles. The molecule has 1 heterocycles. The quantitative estimate of drug-likeness (QED) is 0.384. The van der Waals surface area contributed by atoms with E-state index in [1.807, 2.05) is 0 Å². The number of anilines is 1. The van der Waals surface area contributed by atoms with Gasteiger partial charge in [0.05, 0.1) is 18.7 Å². The molecule has 0 spiro atoms. The van der Waals surface area contributed by atoms with Crippen LogP contribution < -0.4 is 5.32 Å². The van der Waals surface area contributed by atoms with Crippen LogP contribution in [0.1, 0.15) is 26.3 Å². The third-order valence-electron chi connectivity index (χ3n) is 3.23. The molecule has 2 rings (SSSR count). The van der Waals surface area contributed by atoms with Gasteiger partial charge in [-0.2, -0.15) is 0 Å². The van der Waals surface area contributed by atoms with Crippen molar-refractivity contribution in [2.45, 2.75) is 33.0 Å². The molecule has 1 fully saturated rings. The first-order chi connectivity index (χ1) is 12.1. The monoisotopic (exact) mass is 489 g/mol. The van der Waals surface area contributed by atoms with Crippen LogP contribution >= 0.6 is 31.9 Å². The highest BCUT2D eigenvalue weighted by Gasteiger charge is 2.39. The first-order valence-corrected chi connectivity index (χ1v) is 9.28. The number of esters is 3. The largest absolute Gasteiger partial charge is 0.466 e. The van der Waals surface area contributed by atoms with E-state index < -0.39 is 17.7 Å². The average Bonchev–Trinajstić information content (AvgIpc) is 2.47. The second-order valence-corrected chi connectivity index (χ2v) is 7.51. The number of halogens is 2. The van der Waals surface area contributed by atoms with Crippen molar-refractivity contribution in [1.29, 1.82) is 0 Å². The zero-order valence-corrected chi connectivity index (χ0v) is 17.5. The van der Waals surface area contributed by atoms with Gasteiger partial charge in [0.1, 0.15) is 0 Å². The van der Waals surface area contributed by atoms with Crippen LogP contribution in [0.4, 0.5) is 5.69 Å². The summed E-state index contributed by atoms with van der Waals surface area (Å²) in [5.74, 6) is -3.17. The minimum absolute atomic E-state index is 0.125. The molecular formula is C17H17Br2NO6. The first kappa shape index (κ1) is 20.4. The Morgan fingerprint density at radius 3 is 2.23 bits per heavy atom. The van der Waals surface area contributed by atoms with Gasteiger partial charge in [-0.3, -0.25) is 4.79 Å². The fraction of sp³-hybridized carbons (Fsp3) is 0.353. The normalized spacial score (nSPS) is 15.8. The molecule has 7 nitrogen and oxygen atoms in total. The molecule has 0 bridgehead atoms. The van der Waals surface area contributed by atoms with E-state index in [9.17, 15) is 14.4 Å². The Morgan fingerprint density at radius 2 is 1.73 bits per heavy atom. The summed E-state index contributed by atoms with van der Waals surface area (Å²) in [4.78, 5) is 35.5. The number of carbonyl (C=O) groups excluding carboxylic acids is 3. The zero-order chi connectivity index (χ0) is 19.5. The van der Waals surface area contributed by atoms with Crippen LogP contribution in [0, 0.1) is 0 Å². The van der Waals surface area contributed by atoms with E-state index in [4.69, 9.17) is 14.2 Å². The maximum atomic E-state index is 11.9. The lowest BCUT2D eigenvalue weighted by molar-refractivity contribution is -0.222. The van der Waals surface area contributed by atoms with Crippen molar-refractivity contribution in [3.8, 4) is 0 Å². The molecule has 0 aromatic heterocycles. The fourth-order valence-electron chi connectivity index (χ4n) is 2.17. The molecule has 1 aliphatic rings. The highest BCUT2D eigenvalue weighted by Crippen LogP contribution is 2.33. The molecule has 140 valence electrons. The number of rotatable bonds is 5. The van der Waals surface area contributed by atoms with Crippen LogP contribution in [0.25, 0.3) is 0 Å². The number of hydrogen-bond donors (Lipinski definition) is 1. The van der Waals surface area contributed by atoms with Gasteiger partial charge in [-0.25, -0.2) is 9.59 Å². The van der Waals surface area contributed by atoms with Crippen molar-refractivity contribution < 1.29 is 28.6 Å². The van der Waals surface area contributed by atoms with Crippen LogP contribution in [0.3, 0.4) is 0 Å². The summed E-state index contributed by atoms with van der Waals surface area (Å²) < 4.78 is 16.2. The fourth-order valence-corrected chi connectivity index (χ4v) is 3.68. The summed E-state index contributed by atoms with van der Waals surface area (Å²) in [5.41, 5.74) is 1.05. The number of hydrogen-bond acceptors (Lipinski definition) is 7. The predicted molar refractivity (Wildman–Crippen MR) is 100 cm³/mol. The third-order valence-corrected chi connectivity index (χ3v) is 4.48. The lowest BCUT2D eigenvalue weighted by Crippen LogP contribution is -2.42. The summed E-state index contributed by atoms with van der Waals surface area (Å²) in [6.45, 7) is 5.01. The smallest absolute Gasteiger partial charge is 0.350 e. The molecule has 0 radical (unpaired) electrons. The van der Waals surface area contributed by atoms with Crippen LogP contribution in [-0.4, -0.2) is 30.3 Å². The van der Waals surface area contributed by atoms with E-state index >= 15 is 0 Å². The standard InChI is InChI=1S/C17H17Br2NO6/c1-4-24-13(21)7-9-5-11(18)14(12(19)6-9)20-8-10-15(22)25-17(2,3)26-16(10)23/h5-6,8,20H,4,7H2,1-3H3. The zero-order valence-electron chi connectivity index (χ0n) is 14.4. The summed E-state index contributed by atoms with van der Waals surface area (Å²) in [7, 11) is 0. The van der Waals surface area contributed by atoms with E-state index in [1.54, 1.807) is 19.1 Å². The summed E-state index contributed by atoms with van der Waals surface area (Å²) in [6, 6.07) is 3.48. The second-order valence-electron chi connectivity index (χ2n) is 5.80. The van der Waals surface area contributed by atoms with Crippen molar-refractivity contribution in [2.75, 3.05) is 11.9 Å². The Morgan fingerprint density at radius 1 is 1.19 bits per heavy atom. The molecule has 0 saturated carbocycles. The maximum Gasteiger partial charge on any atom is 0.350 e. The van der Waals surface area contributed by atoms with E-state index in [1.165, 1.54) is 20.0 Å². The van der Waals surface area contributed by atoms with Gasteiger partial charge in [0.15, 0.2) is 5.57 Å². The molecule has 0 atom stereocenters. The molecule has 1 aromatic rings. The Kier molecular flexibility index (Phi) is 6.46. The van der Waals surface area contributed by atoms with E-state index in [2.05, 4.69) is 37.2 Å². The van der Waals surface area contributed by atoms with Crippen LogP contribution in [0.2, 0.25) is 0 Å². The maximum absolute atomic E-state index is 11.9. The van der Waals surface area contributed by atoms with Gasteiger partial charge < -0.3 is 19.5 Å². The Hall–Kier alpha value is -1.87. The molecule has 1 aromatic carbocycles. The van der Waals surface area contributed by atoms with Crippen molar-refractivity contribution in [3.63, 3.8) is 0 Å². The highest BCUT2D eigenvalue weighted by molar-refractivity contribution is 9.11. The van der Waals surface area contributed by atoms with Crippen molar-refractivity contribution >= 4 is 55.5 Å². The van der Waals surface area contributed by atoms with Crippen molar-refractivity contribution in [2.24, 2.45) is 0 Å². The summed E-state index contributed by atoms with van der Waals surface area (Å²) in [5, 5.41) is 2.87. The minimum Gasteiger partial charge on any atom is -0.466 e. The van der Waals surface area contributed by atoms with Gasteiger partial charge in [-0.15, -0.1) is 0 Å². The average molecular weight is 491 g/mol. The third kappa shape index (κ3) is 5.07. The summed E-state index contributed by atoms with van der Waals surface area (Å²) in [6.07, 6.45) is 1.34. The van der Waals surface area contributed by atoms with E-state index in [0.717, 1.165) is 5.56 Å². The number of carbonyl (C=O) groups is 3. The molecule has 0 unspecified atom stereocenters. The number of nitrogens with one attached hydrogen (secondary N) is 1. The van der Waals surface area contributed by atoms with Crippen molar-refractivity contribution in [1.82, 2.24) is 0 Å². The first-order valence-electron chi connectivity index (χ1n) is 7.70. The van der Waals surface area contributed by atoms with Crippen molar-refractivity contribution in [3.05, 3.63) is 38.4 Å². The number of cyclic esters (lactones) is 2. The highest BCUT2D eigenvalue weighted by atomic mass is 79.9. The van der Waals surface area contributed by atoms with Gasteiger partial charge >= 0.3 is 17.9 Å². The van der Waals surface area contributed by atoms with Gasteiger partial charge in [0.25, 0.3) is 5.79 Å². The number of benzene rings is 1. The lowest BCUT2D eigenvalue weighted by Gasteiger charge is -2.29. The Bertz CT molecular complexity index is 742. The molecule has 1 N–H and O–H groups in total. The van der Waals surface area contributed by atoms with Gasteiger partial charge in [-0.05, 0) is 56.5 Å². The van der Waals surface area contributed by atoms with E-state index in [-0.39, 0.29) is 18.0 Å². The molecule has 1 saturated heterocycles. The van der Waals surface area contributed by atoms with Gasteiger partial charge in [0.2, 0.25) is 0 Å². The molecule has 0 aliphatic carbocycles.